The minimum Gasteiger partial charge on any atom is -0.361 e. The molecule has 1 fully saturated rings. The molecule has 2 heterocycles. The van der Waals surface area contributed by atoms with E-state index in [1.165, 1.54) is 22.9 Å². The lowest BCUT2D eigenvalue weighted by molar-refractivity contribution is 0.302. The van der Waals surface area contributed by atoms with E-state index in [1.54, 1.807) is 0 Å². The zero-order chi connectivity index (χ0) is 11.8. The van der Waals surface area contributed by atoms with E-state index in [-0.39, 0.29) is 12.1 Å². The normalized spacial score (nSPS) is 29.6. The number of para-hydroxylation sites is 1. The number of nitrogens with two attached hydrogens (primary N) is 1. The topological polar surface area (TPSA) is 53.8 Å². The Hall–Kier alpha value is -1.32. The number of fused-ring (bicyclic) bond motifs is 1. The minimum absolute atomic E-state index is 0.208. The molecule has 0 amide bonds. The molecule has 0 spiro atoms. The van der Waals surface area contributed by atoms with Crippen LogP contribution in [0.2, 0.25) is 0 Å². The Morgan fingerprint density at radius 3 is 3.00 bits per heavy atom. The number of rotatable bonds is 1. The van der Waals surface area contributed by atoms with Crippen LogP contribution in [0.15, 0.2) is 30.5 Å². The molecule has 17 heavy (non-hydrogen) atoms. The predicted molar refractivity (Wildman–Crippen MR) is 70.8 cm³/mol. The molecular formula is C14H19N3. The molecule has 1 aromatic heterocycles. The third kappa shape index (κ3) is 1.85. The number of hydrogen-bond donors (Lipinski definition) is 3. The average Bonchev–Trinajstić information content (AvgIpc) is 2.80. The molecule has 1 aromatic carbocycles. The van der Waals surface area contributed by atoms with Crippen molar-refractivity contribution < 1.29 is 0 Å². The SMILES string of the molecule is CC1CCC(N)C(c2cccc3cc[nH]c23)N1. The van der Waals surface area contributed by atoms with E-state index in [0.29, 0.717) is 6.04 Å². The largest absolute Gasteiger partial charge is 0.361 e. The Balaban J connectivity index is 2.04. The average molecular weight is 229 g/mol. The summed E-state index contributed by atoms with van der Waals surface area (Å²) in [5, 5.41) is 4.88. The Bertz CT molecular complexity index is 517. The lowest BCUT2D eigenvalue weighted by Gasteiger charge is -2.34. The van der Waals surface area contributed by atoms with Crippen LogP contribution in [0.3, 0.4) is 0 Å². The maximum absolute atomic E-state index is 6.26. The van der Waals surface area contributed by atoms with Gasteiger partial charge in [-0.1, -0.05) is 18.2 Å². The van der Waals surface area contributed by atoms with Crippen LogP contribution in [0.5, 0.6) is 0 Å². The first-order valence-corrected chi connectivity index (χ1v) is 6.33. The zero-order valence-electron chi connectivity index (χ0n) is 10.1. The van der Waals surface area contributed by atoms with Crippen LogP contribution in [0.1, 0.15) is 31.4 Å². The van der Waals surface area contributed by atoms with Gasteiger partial charge in [0.05, 0.1) is 5.52 Å². The fraction of sp³-hybridized carbons (Fsp3) is 0.429. The van der Waals surface area contributed by atoms with Gasteiger partial charge in [0, 0.05) is 24.3 Å². The van der Waals surface area contributed by atoms with Crippen LogP contribution in [0, 0.1) is 0 Å². The van der Waals surface area contributed by atoms with Crippen molar-refractivity contribution in [3.05, 3.63) is 36.0 Å². The highest BCUT2D eigenvalue weighted by molar-refractivity contribution is 5.83. The first kappa shape index (κ1) is 10.8. The van der Waals surface area contributed by atoms with Gasteiger partial charge in [-0.05, 0) is 36.8 Å². The molecule has 2 aromatic rings. The van der Waals surface area contributed by atoms with Crippen molar-refractivity contribution in [1.29, 1.82) is 0 Å². The molecule has 3 rings (SSSR count). The van der Waals surface area contributed by atoms with Crippen molar-refractivity contribution in [3.63, 3.8) is 0 Å². The minimum atomic E-state index is 0.208. The molecular weight excluding hydrogens is 210 g/mol. The molecule has 4 N–H and O–H groups in total. The number of nitrogens with one attached hydrogen (secondary N) is 2. The van der Waals surface area contributed by atoms with Crippen molar-refractivity contribution in [2.75, 3.05) is 0 Å². The van der Waals surface area contributed by atoms with Gasteiger partial charge in [-0.15, -0.1) is 0 Å². The van der Waals surface area contributed by atoms with Crippen LogP contribution < -0.4 is 11.1 Å². The molecule has 1 aliphatic heterocycles. The smallest absolute Gasteiger partial charge is 0.0503 e. The molecule has 3 unspecified atom stereocenters. The lowest BCUT2D eigenvalue weighted by atomic mass is 9.89. The lowest BCUT2D eigenvalue weighted by Crippen LogP contribution is -2.47. The Morgan fingerprint density at radius 2 is 2.12 bits per heavy atom. The van der Waals surface area contributed by atoms with Crippen molar-refractivity contribution in [2.45, 2.75) is 37.9 Å². The molecule has 0 radical (unpaired) electrons. The van der Waals surface area contributed by atoms with Gasteiger partial charge in [0.15, 0.2) is 0 Å². The van der Waals surface area contributed by atoms with E-state index in [2.05, 4.69) is 41.5 Å². The van der Waals surface area contributed by atoms with E-state index >= 15 is 0 Å². The maximum atomic E-state index is 6.26. The van der Waals surface area contributed by atoms with Crippen molar-refractivity contribution in [1.82, 2.24) is 10.3 Å². The van der Waals surface area contributed by atoms with Crippen LogP contribution in [-0.4, -0.2) is 17.1 Å². The fourth-order valence-corrected chi connectivity index (χ4v) is 2.81. The summed E-state index contributed by atoms with van der Waals surface area (Å²) >= 11 is 0. The third-order valence-electron chi connectivity index (χ3n) is 3.78. The quantitative estimate of drug-likeness (QED) is 0.703. The molecule has 3 nitrogen and oxygen atoms in total. The number of hydrogen-bond acceptors (Lipinski definition) is 2. The zero-order valence-corrected chi connectivity index (χ0v) is 10.1. The standard InChI is InChI=1S/C14H19N3/c1-9-5-6-12(15)14(17-9)11-4-2-3-10-7-8-16-13(10)11/h2-4,7-9,12,14,16-17H,5-6,15H2,1H3. The molecule has 3 heteroatoms. The first-order valence-electron chi connectivity index (χ1n) is 6.33. The van der Waals surface area contributed by atoms with E-state index in [9.17, 15) is 0 Å². The van der Waals surface area contributed by atoms with Crippen LogP contribution in [0.25, 0.3) is 10.9 Å². The highest BCUT2D eigenvalue weighted by Gasteiger charge is 2.27. The second-order valence-corrected chi connectivity index (χ2v) is 5.08. The van der Waals surface area contributed by atoms with Gasteiger partial charge in [-0.2, -0.15) is 0 Å². The highest BCUT2D eigenvalue weighted by atomic mass is 15.0. The number of piperidine rings is 1. The van der Waals surface area contributed by atoms with Crippen LogP contribution in [0.4, 0.5) is 0 Å². The third-order valence-corrected chi connectivity index (χ3v) is 3.78. The van der Waals surface area contributed by atoms with Gasteiger partial charge in [-0.3, -0.25) is 0 Å². The molecule has 0 bridgehead atoms. The second-order valence-electron chi connectivity index (χ2n) is 5.08. The second kappa shape index (κ2) is 4.17. The van der Waals surface area contributed by atoms with Crippen LogP contribution >= 0.6 is 0 Å². The Kier molecular flexibility index (Phi) is 2.65. The van der Waals surface area contributed by atoms with Crippen molar-refractivity contribution >= 4 is 10.9 Å². The number of benzene rings is 1. The summed E-state index contributed by atoms with van der Waals surface area (Å²) in [5.41, 5.74) is 8.77. The van der Waals surface area contributed by atoms with Gasteiger partial charge in [0.25, 0.3) is 0 Å². The van der Waals surface area contributed by atoms with Crippen molar-refractivity contribution in [3.8, 4) is 0 Å². The van der Waals surface area contributed by atoms with Gasteiger partial charge in [0.2, 0.25) is 0 Å². The first-order chi connectivity index (χ1) is 8.25. The predicted octanol–water partition coefficient (Wildman–Crippen LogP) is 2.31. The highest BCUT2D eigenvalue weighted by Crippen LogP contribution is 2.29. The summed E-state index contributed by atoms with van der Waals surface area (Å²) in [6.45, 7) is 2.23. The molecule has 3 atom stereocenters. The summed E-state index contributed by atoms with van der Waals surface area (Å²) < 4.78 is 0. The summed E-state index contributed by atoms with van der Waals surface area (Å²) in [5.74, 6) is 0. The van der Waals surface area contributed by atoms with Gasteiger partial charge in [-0.25, -0.2) is 0 Å². The molecule has 0 saturated carbocycles. The maximum Gasteiger partial charge on any atom is 0.0503 e. The summed E-state index contributed by atoms with van der Waals surface area (Å²) in [6.07, 6.45) is 4.25. The molecule has 1 aliphatic rings. The number of aromatic nitrogens is 1. The monoisotopic (exact) mass is 229 g/mol. The summed E-state index contributed by atoms with van der Waals surface area (Å²) in [7, 11) is 0. The molecule has 90 valence electrons. The van der Waals surface area contributed by atoms with E-state index in [1.807, 2.05) is 6.20 Å². The summed E-state index contributed by atoms with van der Waals surface area (Å²) in [4.78, 5) is 3.33. The molecule has 0 aliphatic carbocycles. The van der Waals surface area contributed by atoms with E-state index < -0.39 is 0 Å². The van der Waals surface area contributed by atoms with Gasteiger partial charge in [0.1, 0.15) is 0 Å². The fourth-order valence-electron chi connectivity index (χ4n) is 2.81. The van der Waals surface area contributed by atoms with E-state index in [0.717, 1.165) is 6.42 Å². The van der Waals surface area contributed by atoms with Gasteiger partial charge < -0.3 is 16.0 Å². The summed E-state index contributed by atoms with van der Waals surface area (Å²) in [6, 6.07) is 9.54. The van der Waals surface area contributed by atoms with E-state index in [4.69, 9.17) is 5.73 Å². The van der Waals surface area contributed by atoms with Gasteiger partial charge >= 0.3 is 0 Å². The molecule has 1 saturated heterocycles. The number of H-pyrrole nitrogens is 1. The number of aromatic amines is 1. The Morgan fingerprint density at radius 1 is 1.24 bits per heavy atom. The Labute approximate surface area is 101 Å². The van der Waals surface area contributed by atoms with Crippen LogP contribution in [-0.2, 0) is 0 Å². The van der Waals surface area contributed by atoms with Crippen molar-refractivity contribution in [2.24, 2.45) is 5.73 Å².